The number of hydrogen-bond donors (Lipinski definition) is 1. The summed E-state index contributed by atoms with van der Waals surface area (Å²) in [6, 6.07) is 7.79. The Morgan fingerprint density at radius 3 is 2.83 bits per heavy atom. The summed E-state index contributed by atoms with van der Waals surface area (Å²) in [6.45, 7) is 5.55. The van der Waals surface area contributed by atoms with E-state index in [-0.39, 0.29) is 11.9 Å². The van der Waals surface area contributed by atoms with Gasteiger partial charge < -0.3 is 5.32 Å². The van der Waals surface area contributed by atoms with Crippen LogP contribution in [0.1, 0.15) is 36.1 Å². The second-order valence-electron chi connectivity index (χ2n) is 6.11. The molecule has 0 aliphatic heterocycles. The SMILES string of the molecule is CCCn1cc(CNC(=O)[C@@H](c2cccc(C)c2)N(C)C)cn1. The molecule has 1 amide bonds. The van der Waals surface area contributed by atoms with Gasteiger partial charge in [-0.2, -0.15) is 5.10 Å². The third kappa shape index (κ3) is 4.66. The van der Waals surface area contributed by atoms with Crippen LogP contribution in [0.25, 0.3) is 0 Å². The van der Waals surface area contributed by atoms with E-state index >= 15 is 0 Å². The Hall–Kier alpha value is -2.14. The van der Waals surface area contributed by atoms with Crippen LogP contribution in [-0.4, -0.2) is 34.7 Å². The zero-order chi connectivity index (χ0) is 16.8. The summed E-state index contributed by atoms with van der Waals surface area (Å²) in [4.78, 5) is 14.6. The van der Waals surface area contributed by atoms with E-state index in [0.717, 1.165) is 29.7 Å². The van der Waals surface area contributed by atoms with Crippen molar-refractivity contribution in [1.82, 2.24) is 20.0 Å². The van der Waals surface area contributed by atoms with Crippen molar-refractivity contribution in [2.75, 3.05) is 14.1 Å². The minimum Gasteiger partial charge on any atom is -0.350 e. The Morgan fingerprint density at radius 2 is 2.17 bits per heavy atom. The zero-order valence-corrected chi connectivity index (χ0v) is 14.4. The molecular weight excluding hydrogens is 288 g/mol. The number of benzene rings is 1. The van der Waals surface area contributed by atoms with Gasteiger partial charge in [0, 0.05) is 24.8 Å². The number of carbonyl (C=O) groups is 1. The maximum atomic E-state index is 12.6. The van der Waals surface area contributed by atoms with Crippen molar-refractivity contribution in [3.05, 3.63) is 53.3 Å². The van der Waals surface area contributed by atoms with Gasteiger partial charge in [-0.25, -0.2) is 0 Å². The molecule has 0 saturated carbocycles. The van der Waals surface area contributed by atoms with Crippen LogP contribution in [0, 0.1) is 6.92 Å². The molecule has 23 heavy (non-hydrogen) atoms. The van der Waals surface area contributed by atoms with Crippen LogP contribution < -0.4 is 5.32 Å². The Kier molecular flexibility index (Phi) is 5.93. The van der Waals surface area contributed by atoms with Gasteiger partial charge in [0.25, 0.3) is 0 Å². The third-order valence-corrected chi connectivity index (χ3v) is 3.73. The van der Waals surface area contributed by atoms with Gasteiger partial charge in [0.05, 0.1) is 6.20 Å². The molecule has 5 nitrogen and oxygen atoms in total. The highest BCUT2D eigenvalue weighted by Gasteiger charge is 2.22. The molecule has 0 spiro atoms. The van der Waals surface area contributed by atoms with Gasteiger partial charge in [-0.05, 0) is 33.0 Å². The van der Waals surface area contributed by atoms with E-state index in [1.165, 1.54) is 0 Å². The summed E-state index contributed by atoms with van der Waals surface area (Å²) >= 11 is 0. The molecule has 2 rings (SSSR count). The lowest BCUT2D eigenvalue weighted by atomic mass is 10.0. The molecule has 0 saturated heterocycles. The van der Waals surface area contributed by atoms with E-state index in [9.17, 15) is 4.79 Å². The Bertz CT molecular complexity index is 648. The number of rotatable bonds is 7. The first kappa shape index (κ1) is 17.2. The molecule has 5 heteroatoms. The van der Waals surface area contributed by atoms with Crippen molar-refractivity contribution in [3.63, 3.8) is 0 Å². The monoisotopic (exact) mass is 314 g/mol. The van der Waals surface area contributed by atoms with Crippen LogP contribution in [0.5, 0.6) is 0 Å². The van der Waals surface area contributed by atoms with E-state index in [0.29, 0.717) is 6.54 Å². The van der Waals surface area contributed by atoms with Crippen LogP contribution in [-0.2, 0) is 17.9 Å². The number of carbonyl (C=O) groups excluding carboxylic acids is 1. The summed E-state index contributed by atoms with van der Waals surface area (Å²) in [6.07, 6.45) is 4.85. The topological polar surface area (TPSA) is 50.2 Å². The van der Waals surface area contributed by atoms with Gasteiger partial charge in [-0.15, -0.1) is 0 Å². The molecular formula is C18H26N4O. The average molecular weight is 314 g/mol. The van der Waals surface area contributed by atoms with Crippen molar-refractivity contribution < 1.29 is 4.79 Å². The largest absolute Gasteiger partial charge is 0.350 e. The molecule has 0 bridgehead atoms. The molecule has 1 aromatic carbocycles. The molecule has 0 radical (unpaired) electrons. The number of aryl methyl sites for hydroxylation is 2. The predicted molar refractivity (Wildman–Crippen MR) is 92.0 cm³/mol. The van der Waals surface area contributed by atoms with Crippen molar-refractivity contribution >= 4 is 5.91 Å². The van der Waals surface area contributed by atoms with Gasteiger partial charge in [-0.1, -0.05) is 36.8 Å². The van der Waals surface area contributed by atoms with Crippen molar-refractivity contribution in [3.8, 4) is 0 Å². The molecule has 0 unspecified atom stereocenters. The number of nitrogens with zero attached hydrogens (tertiary/aromatic N) is 3. The van der Waals surface area contributed by atoms with Gasteiger partial charge in [-0.3, -0.25) is 14.4 Å². The molecule has 1 N–H and O–H groups in total. The second-order valence-corrected chi connectivity index (χ2v) is 6.11. The lowest BCUT2D eigenvalue weighted by molar-refractivity contribution is -0.125. The number of hydrogen-bond acceptors (Lipinski definition) is 3. The Morgan fingerprint density at radius 1 is 1.39 bits per heavy atom. The van der Waals surface area contributed by atoms with Crippen LogP contribution in [0.4, 0.5) is 0 Å². The number of nitrogens with one attached hydrogen (secondary N) is 1. The first-order chi connectivity index (χ1) is 11.0. The minimum atomic E-state index is -0.291. The van der Waals surface area contributed by atoms with E-state index < -0.39 is 0 Å². The fourth-order valence-electron chi connectivity index (χ4n) is 2.66. The van der Waals surface area contributed by atoms with Crippen LogP contribution in [0.2, 0.25) is 0 Å². The summed E-state index contributed by atoms with van der Waals surface area (Å²) in [5.41, 5.74) is 3.19. The van der Waals surface area contributed by atoms with Gasteiger partial charge >= 0.3 is 0 Å². The van der Waals surface area contributed by atoms with Crippen molar-refractivity contribution in [2.45, 2.75) is 39.4 Å². The van der Waals surface area contributed by atoms with Crippen LogP contribution >= 0.6 is 0 Å². The highest BCUT2D eigenvalue weighted by Crippen LogP contribution is 2.19. The van der Waals surface area contributed by atoms with Crippen molar-refractivity contribution in [2.24, 2.45) is 0 Å². The van der Waals surface area contributed by atoms with Crippen molar-refractivity contribution in [1.29, 1.82) is 0 Å². The van der Waals surface area contributed by atoms with Gasteiger partial charge in [0.2, 0.25) is 5.91 Å². The number of amides is 1. The molecule has 124 valence electrons. The maximum Gasteiger partial charge on any atom is 0.242 e. The molecule has 0 fully saturated rings. The minimum absolute atomic E-state index is 0.00356. The maximum absolute atomic E-state index is 12.6. The summed E-state index contributed by atoms with van der Waals surface area (Å²) in [7, 11) is 3.84. The van der Waals surface area contributed by atoms with Crippen LogP contribution in [0.15, 0.2) is 36.7 Å². The molecule has 1 heterocycles. The molecule has 0 aliphatic rings. The smallest absolute Gasteiger partial charge is 0.242 e. The first-order valence-electron chi connectivity index (χ1n) is 8.03. The Balaban J connectivity index is 2.03. The lowest BCUT2D eigenvalue weighted by Crippen LogP contribution is -2.36. The molecule has 0 aliphatic carbocycles. The summed E-state index contributed by atoms with van der Waals surface area (Å²) in [5, 5.41) is 7.31. The summed E-state index contributed by atoms with van der Waals surface area (Å²) in [5.74, 6) is 0.00356. The number of likely N-dealkylation sites (N-methyl/N-ethyl adjacent to an activating group) is 1. The predicted octanol–water partition coefficient (Wildman–Crippen LogP) is 2.52. The Labute approximate surface area is 138 Å². The van der Waals surface area contributed by atoms with Gasteiger partial charge in [0.1, 0.15) is 6.04 Å². The van der Waals surface area contributed by atoms with E-state index in [4.69, 9.17) is 0 Å². The molecule has 1 aromatic heterocycles. The fourth-order valence-corrected chi connectivity index (χ4v) is 2.66. The van der Waals surface area contributed by atoms with Crippen LogP contribution in [0.3, 0.4) is 0 Å². The molecule has 2 aromatic rings. The molecule has 1 atom stereocenters. The normalized spacial score (nSPS) is 12.4. The fraction of sp³-hybridized carbons (Fsp3) is 0.444. The van der Waals surface area contributed by atoms with E-state index in [1.807, 2.05) is 61.2 Å². The third-order valence-electron chi connectivity index (χ3n) is 3.73. The summed E-state index contributed by atoms with van der Waals surface area (Å²) < 4.78 is 1.91. The van der Waals surface area contributed by atoms with E-state index in [1.54, 1.807) is 0 Å². The quantitative estimate of drug-likeness (QED) is 0.854. The standard InChI is InChI=1S/C18H26N4O/c1-5-9-22-13-15(12-20-22)11-19-18(23)17(21(3)4)16-8-6-7-14(2)10-16/h6-8,10,12-13,17H,5,9,11H2,1-4H3,(H,19,23)/t17-/m1/s1. The van der Waals surface area contributed by atoms with E-state index in [2.05, 4.69) is 23.4 Å². The lowest BCUT2D eigenvalue weighted by Gasteiger charge is -2.24. The number of aromatic nitrogens is 2. The zero-order valence-electron chi connectivity index (χ0n) is 14.4. The second kappa shape index (κ2) is 7.92. The highest BCUT2D eigenvalue weighted by molar-refractivity contribution is 5.83. The first-order valence-corrected chi connectivity index (χ1v) is 8.03. The van der Waals surface area contributed by atoms with Gasteiger partial charge in [0.15, 0.2) is 0 Å². The highest BCUT2D eigenvalue weighted by atomic mass is 16.2. The average Bonchev–Trinajstić information content (AvgIpc) is 2.93.